The van der Waals surface area contributed by atoms with Crippen molar-refractivity contribution in [1.82, 2.24) is 14.3 Å². The quantitative estimate of drug-likeness (QED) is 0.176. The van der Waals surface area contributed by atoms with Gasteiger partial charge in [-0.15, -0.1) is 0 Å². The summed E-state index contributed by atoms with van der Waals surface area (Å²) in [6.07, 6.45) is 2.75. The molecule has 1 aromatic heterocycles. The number of nitrogens with zero attached hydrogens (tertiary/aromatic N) is 6. The Bertz CT molecular complexity index is 1890. The highest BCUT2D eigenvalue weighted by molar-refractivity contribution is 7.89. The zero-order valence-electron chi connectivity index (χ0n) is 22.7. The number of hydrogen-bond acceptors (Lipinski definition) is 8. The number of benzene rings is 3. The predicted molar refractivity (Wildman–Crippen MR) is 155 cm³/mol. The summed E-state index contributed by atoms with van der Waals surface area (Å²) in [7, 11) is -4.78. The molecule has 3 heterocycles. The second kappa shape index (κ2) is 10.9. The van der Waals surface area contributed by atoms with Crippen LogP contribution in [0.3, 0.4) is 0 Å². The van der Waals surface area contributed by atoms with Gasteiger partial charge in [-0.25, -0.2) is 22.8 Å². The second-order valence-corrected chi connectivity index (χ2v) is 12.1. The van der Waals surface area contributed by atoms with E-state index >= 15 is 0 Å². The van der Waals surface area contributed by atoms with Crippen LogP contribution in [-0.4, -0.2) is 60.3 Å². The minimum absolute atomic E-state index is 0.139. The molecular formula is C29H25F3N6O4S. The molecule has 0 atom stereocenters. The molecule has 14 heteroatoms. The number of nitro groups is 1. The van der Waals surface area contributed by atoms with Gasteiger partial charge in [0.05, 0.1) is 17.2 Å². The fraction of sp³-hybridized carbons (Fsp3) is 0.241. The first-order valence-corrected chi connectivity index (χ1v) is 14.8. The van der Waals surface area contributed by atoms with Crippen LogP contribution in [0, 0.1) is 27.6 Å². The molecular weight excluding hydrogens is 585 g/mol. The molecule has 6 rings (SSSR count). The van der Waals surface area contributed by atoms with E-state index in [0.29, 0.717) is 24.9 Å². The highest BCUT2D eigenvalue weighted by Crippen LogP contribution is 2.37. The molecule has 0 aliphatic carbocycles. The van der Waals surface area contributed by atoms with E-state index in [1.54, 1.807) is 0 Å². The number of rotatable bonds is 6. The Morgan fingerprint density at radius 2 is 1.63 bits per heavy atom. The molecule has 0 saturated carbocycles. The highest BCUT2D eigenvalue weighted by atomic mass is 32.2. The van der Waals surface area contributed by atoms with Gasteiger partial charge in [-0.3, -0.25) is 10.1 Å². The molecule has 222 valence electrons. The van der Waals surface area contributed by atoms with Crippen LogP contribution in [0.15, 0.2) is 60.3 Å². The first kappa shape index (κ1) is 28.6. The van der Waals surface area contributed by atoms with Gasteiger partial charge in [-0.2, -0.15) is 13.1 Å². The summed E-state index contributed by atoms with van der Waals surface area (Å²) in [6.45, 7) is 4.59. The minimum Gasteiger partial charge on any atom is -0.365 e. The third kappa shape index (κ3) is 4.76. The smallest absolute Gasteiger partial charge is 0.343 e. The lowest BCUT2D eigenvalue weighted by Crippen LogP contribution is -2.49. The molecule has 0 radical (unpaired) electrons. The van der Waals surface area contributed by atoms with E-state index in [-0.39, 0.29) is 26.2 Å². The van der Waals surface area contributed by atoms with Gasteiger partial charge in [-0.05, 0) is 17.9 Å². The Morgan fingerprint density at radius 1 is 0.907 bits per heavy atom. The van der Waals surface area contributed by atoms with E-state index in [0.717, 1.165) is 38.6 Å². The summed E-state index contributed by atoms with van der Waals surface area (Å²) < 4.78 is 71.8. The summed E-state index contributed by atoms with van der Waals surface area (Å²) in [5.74, 6) is -5.34. The van der Waals surface area contributed by atoms with Crippen LogP contribution < -0.4 is 9.80 Å². The first-order chi connectivity index (χ1) is 20.6. The SMILES string of the molecule is C=Cc1c(F)c([N+](=O)[O-])c(F)c(F)c1S(=O)(=O)N1CCN(c2ncnc3c2CCN(c2cccc4ccccc24)C3)CC1. The van der Waals surface area contributed by atoms with Gasteiger partial charge in [0.15, 0.2) is 5.82 Å². The molecule has 2 aliphatic rings. The zero-order valence-corrected chi connectivity index (χ0v) is 23.5. The summed E-state index contributed by atoms with van der Waals surface area (Å²) in [5, 5.41) is 13.4. The van der Waals surface area contributed by atoms with Crippen molar-refractivity contribution in [1.29, 1.82) is 0 Å². The zero-order chi connectivity index (χ0) is 30.5. The van der Waals surface area contributed by atoms with Crippen LogP contribution in [-0.2, 0) is 23.0 Å². The summed E-state index contributed by atoms with van der Waals surface area (Å²) in [4.78, 5) is 21.5. The molecule has 1 saturated heterocycles. The van der Waals surface area contributed by atoms with Crippen LogP contribution in [0.4, 0.5) is 30.4 Å². The number of fused-ring (bicyclic) bond motifs is 2. The van der Waals surface area contributed by atoms with Gasteiger partial charge in [0.1, 0.15) is 17.0 Å². The van der Waals surface area contributed by atoms with Gasteiger partial charge >= 0.3 is 5.69 Å². The molecule has 4 aromatic rings. The molecule has 0 amide bonds. The lowest BCUT2D eigenvalue weighted by Gasteiger charge is -2.37. The van der Waals surface area contributed by atoms with Crippen molar-refractivity contribution in [2.45, 2.75) is 17.9 Å². The van der Waals surface area contributed by atoms with Gasteiger partial charge < -0.3 is 9.80 Å². The van der Waals surface area contributed by atoms with Gasteiger partial charge in [-0.1, -0.05) is 49.1 Å². The maximum Gasteiger partial charge on any atom is 0.343 e. The van der Waals surface area contributed by atoms with E-state index in [9.17, 15) is 31.7 Å². The number of piperazine rings is 1. The summed E-state index contributed by atoms with van der Waals surface area (Å²) >= 11 is 0. The van der Waals surface area contributed by atoms with E-state index in [1.165, 1.54) is 6.33 Å². The third-order valence-electron chi connectivity index (χ3n) is 7.90. The average Bonchev–Trinajstić information content (AvgIpc) is 3.01. The van der Waals surface area contributed by atoms with Crippen LogP contribution in [0.1, 0.15) is 16.8 Å². The minimum atomic E-state index is -4.78. The highest BCUT2D eigenvalue weighted by Gasteiger charge is 2.40. The number of halogens is 3. The molecule has 0 bridgehead atoms. The summed E-state index contributed by atoms with van der Waals surface area (Å²) in [6, 6.07) is 14.3. The van der Waals surface area contributed by atoms with Crippen molar-refractivity contribution in [2.24, 2.45) is 0 Å². The number of anilines is 2. The number of hydrogen-bond donors (Lipinski definition) is 0. The average molecular weight is 611 g/mol. The Morgan fingerprint density at radius 3 is 2.35 bits per heavy atom. The maximum atomic E-state index is 14.9. The fourth-order valence-corrected chi connectivity index (χ4v) is 7.48. The first-order valence-electron chi connectivity index (χ1n) is 13.4. The summed E-state index contributed by atoms with van der Waals surface area (Å²) in [5.41, 5.74) is 0.147. The van der Waals surface area contributed by atoms with Crippen LogP contribution in [0.25, 0.3) is 16.8 Å². The van der Waals surface area contributed by atoms with Crippen molar-refractivity contribution in [3.8, 4) is 0 Å². The Kier molecular flexibility index (Phi) is 7.26. The Hall–Kier alpha value is -4.56. The third-order valence-corrected chi connectivity index (χ3v) is 9.86. The Balaban J connectivity index is 1.24. The molecule has 43 heavy (non-hydrogen) atoms. The molecule has 0 N–H and O–H groups in total. The van der Waals surface area contributed by atoms with Crippen molar-refractivity contribution in [2.75, 3.05) is 42.5 Å². The monoisotopic (exact) mass is 610 g/mol. The Labute approximate surface area is 244 Å². The van der Waals surface area contributed by atoms with E-state index in [1.807, 2.05) is 23.1 Å². The maximum absolute atomic E-state index is 14.9. The van der Waals surface area contributed by atoms with E-state index in [4.69, 9.17) is 0 Å². The number of sulfonamides is 1. The van der Waals surface area contributed by atoms with Crippen molar-refractivity contribution < 1.29 is 26.5 Å². The van der Waals surface area contributed by atoms with Gasteiger partial charge in [0, 0.05) is 54.9 Å². The van der Waals surface area contributed by atoms with E-state index in [2.05, 4.69) is 45.7 Å². The van der Waals surface area contributed by atoms with Crippen LogP contribution in [0.5, 0.6) is 0 Å². The van der Waals surface area contributed by atoms with E-state index < -0.39 is 48.5 Å². The largest absolute Gasteiger partial charge is 0.365 e. The number of nitro benzene ring substituents is 1. The van der Waals surface area contributed by atoms with Crippen molar-refractivity contribution in [3.05, 3.63) is 99.8 Å². The molecule has 0 spiro atoms. The van der Waals surface area contributed by atoms with Crippen molar-refractivity contribution in [3.63, 3.8) is 0 Å². The lowest BCUT2D eigenvalue weighted by atomic mass is 10.0. The van der Waals surface area contributed by atoms with Crippen LogP contribution >= 0.6 is 0 Å². The fourth-order valence-electron chi connectivity index (χ4n) is 5.81. The topological polar surface area (TPSA) is 113 Å². The number of aromatic nitrogens is 2. The molecule has 2 aliphatic heterocycles. The lowest BCUT2D eigenvalue weighted by molar-refractivity contribution is -0.390. The molecule has 3 aromatic carbocycles. The second-order valence-electron chi connectivity index (χ2n) is 10.2. The van der Waals surface area contributed by atoms with Gasteiger partial charge in [0.2, 0.25) is 21.7 Å². The molecule has 10 nitrogen and oxygen atoms in total. The van der Waals surface area contributed by atoms with Crippen LogP contribution in [0.2, 0.25) is 0 Å². The normalized spacial score (nSPS) is 15.9. The van der Waals surface area contributed by atoms with Gasteiger partial charge in [0.25, 0.3) is 0 Å². The molecule has 0 unspecified atom stereocenters. The molecule has 1 fully saturated rings. The standard InChI is InChI=1S/C29H25F3N6O4S/c1-2-19-24(30)27(38(39)40)25(31)26(32)28(19)43(41,42)37-14-12-35(13-15-37)29-21-10-11-36(16-22(21)33-17-34-29)23-9-5-7-18-6-3-4-8-20(18)23/h2-9,17H,1,10-16H2. The predicted octanol–water partition coefficient (Wildman–Crippen LogP) is 4.67. The van der Waals surface area contributed by atoms with Crippen molar-refractivity contribution >= 4 is 44.1 Å².